The number of hydrogen-bond acceptors (Lipinski definition) is 0. The molecule has 0 saturated carbocycles. The Bertz CT molecular complexity index is 53.1. The maximum Gasteiger partial charge on any atom is -0.0265 e. The molecule has 0 aromatic rings. The minimum absolute atomic E-state index is 0.769. The zero-order valence-corrected chi connectivity index (χ0v) is 7.44. The third-order valence-corrected chi connectivity index (χ3v) is 1.16. The van der Waals surface area contributed by atoms with E-state index in [2.05, 4.69) is 32.9 Å². The molecule has 1 atom stereocenters. The van der Waals surface area contributed by atoms with Crippen LogP contribution in [-0.4, -0.2) is 0 Å². The van der Waals surface area contributed by atoms with E-state index in [1.165, 1.54) is 6.42 Å². The number of allylic oxidation sites excluding steroid dienone is 2. The average molecular weight is 128 g/mol. The summed E-state index contributed by atoms with van der Waals surface area (Å²) in [6.07, 6.45) is 5.58. The summed E-state index contributed by atoms with van der Waals surface area (Å²) in [6.45, 7) is 10.5. The lowest BCUT2D eigenvalue weighted by Crippen LogP contribution is -1.81. The Kier molecular flexibility index (Phi) is 13.7. The van der Waals surface area contributed by atoms with E-state index in [4.69, 9.17) is 0 Å². The molecule has 0 saturated heterocycles. The van der Waals surface area contributed by atoms with Crippen molar-refractivity contribution in [3.8, 4) is 0 Å². The van der Waals surface area contributed by atoms with E-state index in [-0.39, 0.29) is 0 Å². The molecule has 9 heavy (non-hydrogen) atoms. The van der Waals surface area contributed by atoms with E-state index in [1.54, 1.807) is 0 Å². The van der Waals surface area contributed by atoms with Crippen LogP contribution in [0.3, 0.4) is 0 Å². The zero-order chi connectivity index (χ0) is 7.70. The van der Waals surface area contributed by atoms with Crippen molar-refractivity contribution < 1.29 is 0 Å². The van der Waals surface area contributed by atoms with Gasteiger partial charge in [-0.05, 0) is 12.8 Å². The predicted molar refractivity (Wildman–Crippen MR) is 45.6 cm³/mol. The Hall–Kier alpha value is -0.260. The van der Waals surface area contributed by atoms with E-state index in [1.807, 2.05) is 13.8 Å². The molecule has 0 heteroatoms. The van der Waals surface area contributed by atoms with Gasteiger partial charge in [0.05, 0.1) is 0 Å². The van der Waals surface area contributed by atoms with E-state index in [9.17, 15) is 0 Å². The lowest BCUT2D eigenvalue weighted by Gasteiger charge is -1.95. The molecule has 0 bridgehead atoms. The van der Waals surface area contributed by atoms with Crippen LogP contribution < -0.4 is 0 Å². The second-order valence-corrected chi connectivity index (χ2v) is 1.91. The average Bonchev–Trinajstić information content (AvgIpc) is 1.93. The number of rotatable bonds is 2. The first kappa shape index (κ1) is 11.5. The molecule has 0 nitrogen and oxygen atoms in total. The van der Waals surface area contributed by atoms with Crippen molar-refractivity contribution in [2.45, 2.75) is 41.0 Å². The van der Waals surface area contributed by atoms with E-state index in [0.717, 1.165) is 5.92 Å². The molecule has 1 unspecified atom stereocenters. The second kappa shape index (κ2) is 10.7. The van der Waals surface area contributed by atoms with Crippen molar-refractivity contribution in [1.82, 2.24) is 0 Å². The summed E-state index contributed by atoms with van der Waals surface area (Å²) in [4.78, 5) is 0. The molecule has 0 aliphatic rings. The molecule has 0 rings (SSSR count). The second-order valence-electron chi connectivity index (χ2n) is 1.91. The van der Waals surface area contributed by atoms with Crippen LogP contribution in [0.25, 0.3) is 0 Å². The highest BCUT2D eigenvalue weighted by molar-refractivity contribution is 4.81. The minimum atomic E-state index is 0.769. The van der Waals surface area contributed by atoms with E-state index in [0.29, 0.717) is 0 Å². The molecule has 0 aliphatic heterocycles. The van der Waals surface area contributed by atoms with Crippen LogP contribution in [0.2, 0.25) is 0 Å². The van der Waals surface area contributed by atoms with Crippen molar-refractivity contribution in [2.75, 3.05) is 0 Å². The Balaban J connectivity index is 0. The summed E-state index contributed by atoms with van der Waals surface area (Å²) in [6, 6.07) is 0. The molecule has 0 aromatic heterocycles. The van der Waals surface area contributed by atoms with Gasteiger partial charge in [-0.15, -0.1) is 0 Å². The topological polar surface area (TPSA) is 0 Å². The molecule has 0 aliphatic carbocycles. The fourth-order valence-electron chi connectivity index (χ4n) is 0.465. The van der Waals surface area contributed by atoms with Gasteiger partial charge >= 0.3 is 0 Å². The first-order chi connectivity index (χ1) is 4.31. The third kappa shape index (κ3) is 11.4. The maximum atomic E-state index is 2.22. The standard InChI is InChI=1S/C7H14.C2H6/c1-4-6-7(3)5-2;1-2/h4,6-7H,5H2,1-3H3;1-2H3/b6-4+;. The van der Waals surface area contributed by atoms with Gasteiger partial charge in [0.15, 0.2) is 0 Å². The van der Waals surface area contributed by atoms with Crippen molar-refractivity contribution in [1.29, 1.82) is 0 Å². The Morgan fingerprint density at radius 3 is 1.89 bits per heavy atom. The summed E-state index contributed by atoms with van der Waals surface area (Å²) in [5.41, 5.74) is 0. The molecular weight excluding hydrogens is 108 g/mol. The predicted octanol–water partition coefficient (Wildman–Crippen LogP) is 3.63. The van der Waals surface area contributed by atoms with Gasteiger partial charge in [-0.3, -0.25) is 0 Å². The van der Waals surface area contributed by atoms with Crippen LogP contribution in [0.1, 0.15) is 41.0 Å². The van der Waals surface area contributed by atoms with Crippen LogP contribution in [0.4, 0.5) is 0 Å². The molecule has 0 N–H and O–H groups in total. The maximum absolute atomic E-state index is 2.22. The largest absolute Gasteiger partial charge is 0.0914 e. The van der Waals surface area contributed by atoms with Gasteiger partial charge in [-0.25, -0.2) is 0 Å². The van der Waals surface area contributed by atoms with Crippen LogP contribution in [0.15, 0.2) is 12.2 Å². The van der Waals surface area contributed by atoms with E-state index >= 15 is 0 Å². The fraction of sp³-hybridized carbons (Fsp3) is 0.778. The first-order valence-electron chi connectivity index (χ1n) is 3.94. The zero-order valence-electron chi connectivity index (χ0n) is 7.44. The van der Waals surface area contributed by atoms with Crippen molar-refractivity contribution in [2.24, 2.45) is 5.92 Å². The van der Waals surface area contributed by atoms with Crippen molar-refractivity contribution in [3.63, 3.8) is 0 Å². The number of hydrogen-bond donors (Lipinski definition) is 0. The lowest BCUT2D eigenvalue weighted by atomic mass is 10.1. The van der Waals surface area contributed by atoms with Crippen molar-refractivity contribution >= 4 is 0 Å². The van der Waals surface area contributed by atoms with Crippen LogP contribution in [0, 0.1) is 5.92 Å². The lowest BCUT2D eigenvalue weighted by molar-refractivity contribution is 0.697. The Morgan fingerprint density at radius 2 is 1.78 bits per heavy atom. The monoisotopic (exact) mass is 128 g/mol. The van der Waals surface area contributed by atoms with Gasteiger partial charge in [-0.2, -0.15) is 0 Å². The van der Waals surface area contributed by atoms with Gasteiger partial charge in [0.25, 0.3) is 0 Å². The smallest absolute Gasteiger partial charge is 0.0265 e. The molecule has 0 amide bonds. The first-order valence-corrected chi connectivity index (χ1v) is 3.94. The van der Waals surface area contributed by atoms with Crippen LogP contribution >= 0.6 is 0 Å². The highest BCUT2D eigenvalue weighted by atomic mass is 13.9. The fourth-order valence-corrected chi connectivity index (χ4v) is 0.465. The van der Waals surface area contributed by atoms with Gasteiger partial charge in [0.2, 0.25) is 0 Å². The highest BCUT2D eigenvalue weighted by Crippen LogP contribution is 2.00. The van der Waals surface area contributed by atoms with Gasteiger partial charge in [0, 0.05) is 0 Å². The summed E-state index contributed by atoms with van der Waals surface area (Å²) in [5, 5.41) is 0. The molecular formula is C9H20. The molecule has 0 spiro atoms. The van der Waals surface area contributed by atoms with Crippen molar-refractivity contribution in [3.05, 3.63) is 12.2 Å². The minimum Gasteiger partial charge on any atom is -0.0914 e. The molecule has 56 valence electrons. The molecule has 0 heterocycles. The quantitative estimate of drug-likeness (QED) is 0.498. The molecule has 0 aromatic carbocycles. The highest BCUT2D eigenvalue weighted by Gasteiger charge is 1.85. The summed E-state index contributed by atoms with van der Waals surface area (Å²) < 4.78 is 0. The van der Waals surface area contributed by atoms with E-state index < -0.39 is 0 Å². The van der Waals surface area contributed by atoms with Gasteiger partial charge in [0.1, 0.15) is 0 Å². The van der Waals surface area contributed by atoms with Gasteiger partial charge in [-0.1, -0.05) is 46.3 Å². The molecule has 0 radical (unpaired) electrons. The third-order valence-electron chi connectivity index (χ3n) is 1.16. The van der Waals surface area contributed by atoms with Crippen LogP contribution in [0.5, 0.6) is 0 Å². The summed E-state index contributed by atoms with van der Waals surface area (Å²) in [7, 11) is 0. The SMILES string of the molecule is C/C=C/C(C)CC.CC. The summed E-state index contributed by atoms with van der Waals surface area (Å²) >= 11 is 0. The van der Waals surface area contributed by atoms with Crippen LogP contribution in [-0.2, 0) is 0 Å². The summed E-state index contributed by atoms with van der Waals surface area (Å²) in [5.74, 6) is 0.769. The Morgan fingerprint density at radius 1 is 1.33 bits per heavy atom. The molecule has 0 fully saturated rings. The Labute approximate surface area is 60.0 Å². The van der Waals surface area contributed by atoms with Gasteiger partial charge < -0.3 is 0 Å². The normalized spacial score (nSPS) is 12.6.